The smallest absolute Gasteiger partial charge is 0.234 e. The van der Waals surface area contributed by atoms with Crippen molar-refractivity contribution < 1.29 is 4.79 Å². The van der Waals surface area contributed by atoms with Gasteiger partial charge in [-0.1, -0.05) is 29.8 Å². The van der Waals surface area contributed by atoms with E-state index in [1.165, 1.54) is 16.0 Å². The van der Waals surface area contributed by atoms with Gasteiger partial charge in [-0.25, -0.2) is 0 Å². The van der Waals surface area contributed by atoms with Gasteiger partial charge in [0.25, 0.3) is 0 Å². The fourth-order valence-corrected chi connectivity index (χ4v) is 3.69. The van der Waals surface area contributed by atoms with E-state index in [-0.39, 0.29) is 11.2 Å². The number of carbonyl (C=O) groups excluding carboxylic acids is 1. The minimum Gasteiger partial charge on any atom is -0.351 e. The summed E-state index contributed by atoms with van der Waals surface area (Å²) in [6.07, 6.45) is 4.08. The van der Waals surface area contributed by atoms with Crippen LogP contribution in [0.4, 0.5) is 0 Å². The summed E-state index contributed by atoms with van der Waals surface area (Å²) in [5.41, 5.74) is 2.64. The first-order chi connectivity index (χ1) is 9.33. The standard InChI is InChI=1S/C15H18N2OS/c18-15(17-10-11-5-7-16-8-6-11)14-9-12-3-1-2-4-13(12)19-14/h1-5,14,16H,6-10H2,(H,17,18). The van der Waals surface area contributed by atoms with Crippen LogP contribution in [0.3, 0.4) is 0 Å². The fourth-order valence-electron chi connectivity index (χ4n) is 2.47. The van der Waals surface area contributed by atoms with Gasteiger partial charge in [-0.2, -0.15) is 0 Å². The Bertz CT molecular complexity index is 488. The second-order valence-corrected chi connectivity index (χ2v) is 6.20. The highest BCUT2D eigenvalue weighted by atomic mass is 32.2. The molecule has 0 aromatic heterocycles. The third kappa shape index (κ3) is 3.01. The molecule has 3 rings (SSSR count). The largest absolute Gasteiger partial charge is 0.351 e. The highest BCUT2D eigenvalue weighted by Crippen LogP contribution is 2.36. The Hall–Kier alpha value is -1.26. The van der Waals surface area contributed by atoms with E-state index in [0.29, 0.717) is 6.54 Å². The predicted molar refractivity (Wildman–Crippen MR) is 78.4 cm³/mol. The Morgan fingerprint density at radius 3 is 3.11 bits per heavy atom. The van der Waals surface area contributed by atoms with Crippen LogP contribution in [0.25, 0.3) is 0 Å². The second kappa shape index (κ2) is 5.80. The van der Waals surface area contributed by atoms with Gasteiger partial charge in [-0.3, -0.25) is 4.79 Å². The van der Waals surface area contributed by atoms with Crippen LogP contribution in [-0.4, -0.2) is 30.8 Å². The first-order valence-corrected chi connectivity index (χ1v) is 7.62. The normalized spacial score (nSPS) is 21.7. The molecule has 0 saturated carbocycles. The molecule has 2 aliphatic rings. The van der Waals surface area contributed by atoms with Gasteiger partial charge >= 0.3 is 0 Å². The number of benzene rings is 1. The van der Waals surface area contributed by atoms with Crippen molar-refractivity contribution in [2.45, 2.75) is 23.0 Å². The van der Waals surface area contributed by atoms with Crippen molar-refractivity contribution in [1.29, 1.82) is 0 Å². The van der Waals surface area contributed by atoms with Gasteiger partial charge in [0, 0.05) is 18.0 Å². The van der Waals surface area contributed by atoms with Crippen molar-refractivity contribution in [3.05, 3.63) is 41.5 Å². The molecule has 0 aliphatic carbocycles. The van der Waals surface area contributed by atoms with Gasteiger partial charge < -0.3 is 10.6 Å². The number of thioether (sulfide) groups is 1. The molecule has 0 radical (unpaired) electrons. The van der Waals surface area contributed by atoms with E-state index in [9.17, 15) is 4.79 Å². The number of rotatable bonds is 3. The monoisotopic (exact) mass is 274 g/mol. The van der Waals surface area contributed by atoms with Crippen LogP contribution in [-0.2, 0) is 11.2 Å². The van der Waals surface area contributed by atoms with E-state index in [2.05, 4.69) is 28.8 Å². The van der Waals surface area contributed by atoms with Crippen molar-refractivity contribution in [2.75, 3.05) is 19.6 Å². The molecule has 19 heavy (non-hydrogen) atoms. The first-order valence-electron chi connectivity index (χ1n) is 6.74. The van der Waals surface area contributed by atoms with E-state index in [0.717, 1.165) is 25.9 Å². The molecule has 1 aromatic carbocycles. The summed E-state index contributed by atoms with van der Waals surface area (Å²) in [5.74, 6) is 0.167. The van der Waals surface area contributed by atoms with E-state index in [1.807, 2.05) is 12.1 Å². The third-order valence-electron chi connectivity index (χ3n) is 3.59. The van der Waals surface area contributed by atoms with E-state index in [1.54, 1.807) is 11.8 Å². The number of hydrogen-bond acceptors (Lipinski definition) is 3. The molecular formula is C15H18N2OS. The number of nitrogens with one attached hydrogen (secondary N) is 2. The molecule has 2 N–H and O–H groups in total. The summed E-state index contributed by atoms with van der Waals surface area (Å²) in [5, 5.41) is 6.39. The van der Waals surface area contributed by atoms with Crippen LogP contribution >= 0.6 is 11.8 Å². The molecule has 1 unspecified atom stereocenters. The third-order valence-corrected chi connectivity index (χ3v) is 4.90. The Kier molecular flexibility index (Phi) is 3.89. The van der Waals surface area contributed by atoms with Crippen molar-refractivity contribution in [3.63, 3.8) is 0 Å². The summed E-state index contributed by atoms with van der Waals surface area (Å²) < 4.78 is 0. The molecule has 2 aliphatic heterocycles. The highest BCUT2D eigenvalue weighted by molar-refractivity contribution is 8.01. The quantitative estimate of drug-likeness (QED) is 0.825. The lowest BCUT2D eigenvalue weighted by molar-refractivity contribution is -0.120. The maximum atomic E-state index is 12.2. The molecule has 0 saturated heterocycles. The highest BCUT2D eigenvalue weighted by Gasteiger charge is 2.27. The molecule has 4 heteroatoms. The van der Waals surface area contributed by atoms with Crippen molar-refractivity contribution >= 4 is 17.7 Å². The minimum atomic E-state index is 0.0414. The number of carbonyl (C=O) groups is 1. The SMILES string of the molecule is O=C(NCC1=CCNCC1)C1Cc2ccccc2S1. The van der Waals surface area contributed by atoms with Crippen LogP contribution in [0.1, 0.15) is 12.0 Å². The average molecular weight is 274 g/mol. The zero-order chi connectivity index (χ0) is 13.1. The van der Waals surface area contributed by atoms with Gasteiger partial charge in [0.05, 0.1) is 5.25 Å². The lowest BCUT2D eigenvalue weighted by atomic mass is 10.1. The molecular weight excluding hydrogens is 256 g/mol. The Morgan fingerprint density at radius 1 is 1.42 bits per heavy atom. The maximum Gasteiger partial charge on any atom is 0.234 e. The van der Waals surface area contributed by atoms with Gasteiger partial charge in [-0.05, 0) is 31.0 Å². The summed E-state index contributed by atoms with van der Waals surface area (Å²) >= 11 is 1.69. The summed E-state index contributed by atoms with van der Waals surface area (Å²) in [6.45, 7) is 2.65. The first kappa shape index (κ1) is 12.8. The molecule has 0 fully saturated rings. The van der Waals surface area contributed by atoms with Crippen LogP contribution in [0, 0.1) is 0 Å². The van der Waals surface area contributed by atoms with Crippen molar-refractivity contribution in [1.82, 2.24) is 10.6 Å². The van der Waals surface area contributed by atoms with Crippen LogP contribution in [0.5, 0.6) is 0 Å². The summed E-state index contributed by atoms with van der Waals surface area (Å²) in [4.78, 5) is 13.4. The fraction of sp³-hybridized carbons (Fsp3) is 0.400. The molecule has 3 nitrogen and oxygen atoms in total. The minimum absolute atomic E-state index is 0.0414. The lowest BCUT2D eigenvalue weighted by Crippen LogP contribution is -2.35. The maximum absolute atomic E-state index is 12.2. The number of fused-ring (bicyclic) bond motifs is 1. The van der Waals surface area contributed by atoms with Crippen LogP contribution in [0.15, 0.2) is 40.8 Å². The molecule has 2 heterocycles. The topological polar surface area (TPSA) is 41.1 Å². The van der Waals surface area contributed by atoms with E-state index < -0.39 is 0 Å². The number of hydrogen-bond donors (Lipinski definition) is 2. The van der Waals surface area contributed by atoms with Gasteiger partial charge in [0.2, 0.25) is 5.91 Å². The van der Waals surface area contributed by atoms with E-state index in [4.69, 9.17) is 0 Å². The Morgan fingerprint density at radius 2 is 2.32 bits per heavy atom. The van der Waals surface area contributed by atoms with E-state index >= 15 is 0 Å². The molecule has 1 atom stereocenters. The molecule has 1 aromatic rings. The molecule has 0 spiro atoms. The van der Waals surface area contributed by atoms with Crippen molar-refractivity contribution in [3.8, 4) is 0 Å². The van der Waals surface area contributed by atoms with Gasteiger partial charge in [0.15, 0.2) is 0 Å². The molecule has 100 valence electrons. The van der Waals surface area contributed by atoms with Gasteiger partial charge in [0.1, 0.15) is 0 Å². The second-order valence-electron chi connectivity index (χ2n) is 4.95. The van der Waals surface area contributed by atoms with Crippen LogP contribution in [0.2, 0.25) is 0 Å². The Labute approximate surface area is 117 Å². The molecule has 1 amide bonds. The predicted octanol–water partition coefficient (Wildman–Crippen LogP) is 1.74. The summed E-state index contributed by atoms with van der Waals surface area (Å²) in [6, 6.07) is 8.29. The van der Waals surface area contributed by atoms with Gasteiger partial charge in [-0.15, -0.1) is 11.8 Å². The Balaban J connectivity index is 1.54. The lowest BCUT2D eigenvalue weighted by Gasteiger charge is -2.16. The molecule has 0 bridgehead atoms. The zero-order valence-corrected chi connectivity index (χ0v) is 11.6. The number of amides is 1. The van der Waals surface area contributed by atoms with Crippen molar-refractivity contribution in [2.24, 2.45) is 0 Å². The summed E-state index contributed by atoms with van der Waals surface area (Å²) in [7, 11) is 0. The zero-order valence-electron chi connectivity index (χ0n) is 10.8. The van der Waals surface area contributed by atoms with Crippen LogP contribution < -0.4 is 10.6 Å². The average Bonchev–Trinajstić information content (AvgIpc) is 2.90.